The Kier molecular flexibility index (Phi) is 3.57. The molecule has 0 aliphatic rings. The SMILES string of the molecule is C#CCOC(=O)C=Cc1ccc(C)o1. The zero-order valence-electron chi connectivity index (χ0n) is 7.82. The standard InChI is InChI=1S/C11H10O3/c1-3-8-13-11(12)7-6-10-5-4-9(2)14-10/h1,4-7H,8H2,2H3. The van der Waals surface area contributed by atoms with Crippen LogP contribution >= 0.6 is 0 Å². The van der Waals surface area contributed by atoms with Gasteiger partial charge in [0.15, 0.2) is 6.61 Å². The van der Waals surface area contributed by atoms with E-state index in [1.54, 1.807) is 6.07 Å². The maximum absolute atomic E-state index is 10.9. The van der Waals surface area contributed by atoms with E-state index in [0.29, 0.717) is 5.76 Å². The van der Waals surface area contributed by atoms with Gasteiger partial charge in [-0.1, -0.05) is 5.92 Å². The molecule has 0 aromatic carbocycles. The van der Waals surface area contributed by atoms with Crippen molar-refractivity contribution < 1.29 is 13.9 Å². The molecule has 0 amide bonds. The Morgan fingerprint density at radius 1 is 1.71 bits per heavy atom. The van der Waals surface area contributed by atoms with E-state index < -0.39 is 5.97 Å². The largest absolute Gasteiger partial charge is 0.462 e. The fourth-order valence-corrected chi connectivity index (χ4v) is 0.854. The maximum atomic E-state index is 10.9. The van der Waals surface area contributed by atoms with Crippen molar-refractivity contribution in [2.75, 3.05) is 6.61 Å². The van der Waals surface area contributed by atoms with Gasteiger partial charge in [0.2, 0.25) is 0 Å². The van der Waals surface area contributed by atoms with Crippen LogP contribution in [0.4, 0.5) is 0 Å². The Morgan fingerprint density at radius 3 is 3.07 bits per heavy atom. The molecule has 0 aliphatic heterocycles. The number of hydrogen-bond acceptors (Lipinski definition) is 3. The normalized spacial score (nSPS) is 10.0. The summed E-state index contributed by atoms with van der Waals surface area (Å²) in [6.07, 6.45) is 7.72. The minimum atomic E-state index is -0.475. The van der Waals surface area contributed by atoms with E-state index in [4.69, 9.17) is 10.8 Å². The molecule has 1 aromatic rings. The molecule has 0 radical (unpaired) electrons. The lowest BCUT2D eigenvalue weighted by Crippen LogP contribution is -1.99. The summed E-state index contributed by atoms with van der Waals surface area (Å²) in [6.45, 7) is 1.81. The second-order valence-corrected chi connectivity index (χ2v) is 2.59. The number of aryl methyl sites for hydroxylation is 1. The van der Waals surface area contributed by atoms with Crippen molar-refractivity contribution in [3.8, 4) is 12.3 Å². The molecule has 3 heteroatoms. The van der Waals surface area contributed by atoms with Gasteiger partial charge >= 0.3 is 5.97 Å². The molecule has 72 valence electrons. The first-order chi connectivity index (χ1) is 6.72. The molecular weight excluding hydrogens is 180 g/mol. The maximum Gasteiger partial charge on any atom is 0.331 e. The summed E-state index contributed by atoms with van der Waals surface area (Å²) >= 11 is 0. The van der Waals surface area contributed by atoms with Gasteiger partial charge in [0, 0.05) is 6.08 Å². The number of carbonyl (C=O) groups is 1. The van der Waals surface area contributed by atoms with Crippen LogP contribution < -0.4 is 0 Å². The van der Waals surface area contributed by atoms with Gasteiger partial charge < -0.3 is 9.15 Å². The smallest absolute Gasteiger partial charge is 0.331 e. The molecule has 1 aromatic heterocycles. The lowest BCUT2D eigenvalue weighted by molar-refractivity contribution is -0.136. The molecule has 0 saturated heterocycles. The van der Waals surface area contributed by atoms with E-state index in [0.717, 1.165) is 5.76 Å². The van der Waals surface area contributed by atoms with Gasteiger partial charge in [0.25, 0.3) is 0 Å². The third-order valence-corrected chi connectivity index (χ3v) is 1.44. The Bertz CT molecular complexity index is 379. The van der Waals surface area contributed by atoms with Crippen LogP contribution in [0.3, 0.4) is 0 Å². The topological polar surface area (TPSA) is 39.4 Å². The number of hydrogen-bond donors (Lipinski definition) is 0. The fraction of sp³-hybridized carbons (Fsp3) is 0.182. The summed E-state index contributed by atoms with van der Waals surface area (Å²) in [5, 5.41) is 0. The molecular formula is C11H10O3. The molecule has 1 heterocycles. The number of furan rings is 1. The Hall–Kier alpha value is -1.95. The van der Waals surface area contributed by atoms with Gasteiger partial charge in [-0.25, -0.2) is 4.79 Å². The van der Waals surface area contributed by atoms with Crippen LogP contribution in [-0.4, -0.2) is 12.6 Å². The summed E-state index contributed by atoms with van der Waals surface area (Å²) < 4.78 is 9.82. The van der Waals surface area contributed by atoms with Gasteiger partial charge in [-0.2, -0.15) is 0 Å². The number of rotatable bonds is 3. The predicted octanol–water partition coefficient (Wildman–Crippen LogP) is 1.78. The van der Waals surface area contributed by atoms with Crippen molar-refractivity contribution in [2.45, 2.75) is 6.92 Å². The van der Waals surface area contributed by atoms with Crippen LogP contribution in [0.5, 0.6) is 0 Å². The number of ether oxygens (including phenoxy) is 1. The highest BCUT2D eigenvalue weighted by Crippen LogP contribution is 2.07. The number of carbonyl (C=O) groups excluding carboxylic acids is 1. The van der Waals surface area contributed by atoms with Crippen LogP contribution in [0, 0.1) is 19.3 Å². The van der Waals surface area contributed by atoms with Crippen molar-refractivity contribution in [1.29, 1.82) is 0 Å². The van der Waals surface area contributed by atoms with E-state index in [9.17, 15) is 4.79 Å². The average molecular weight is 190 g/mol. The van der Waals surface area contributed by atoms with Gasteiger partial charge in [0.05, 0.1) is 0 Å². The van der Waals surface area contributed by atoms with Gasteiger partial charge in [-0.05, 0) is 25.1 Å². The minimum Gasteiger partial charge on any atom is -0.462 e. The lowest BCUT2D eigenvalue weighted by atomic mass is 10.4. The highest BCUT2D eigenvalue weighted by atomic mass is 16.5. The zero-order chi connectivity index (χ0) is 10.4. The van der Waals surface area contributed by atoms with E-state index in [1.807, 2.05) is 13.0 Å². The predicted molar refractivity (Wildman–Crippen MR) is 52.3 cm³/mol. The molecule has 1 rings (SSSR count). The molecule has 0 aliphatic carbocycles. The summed E-state index contributed by atoms with van der Waals surface area (Å²) in [7, 11) is 0. The Balaban J connectivity index is 2.48. The van der Waals surface area contributed by atoms with Crippen molar-refractivity contribution in [2.24, 2.45) is 0 Å². The average Bonchev–Trinajstić information content (AvgIpc) is 2.58. The lowest BCUT2D eigenvalue weighted by Gasteiger charge is -1.92. The van der Waals surface area contributed by atoms with Crippen LogP contribution in [0.2, 0.25) is 0 Å². The molecule has 14 heavy (non-hydrogen) atoms. The van der Waals surface area contributed by atoms with Crippen LogP contribution in [0.25, 0.3) is 6.08 Å². The Labute approximate surface area is 82.4 Å². The first kappa shape index (κ1) is 10.1. The van der Waals surface area contributed by atoms with Crippen LogP contribution in [0.1, 0.15) is 11.5 Å². The first-order valence-corrected chi connectivity index (χ1v) is 4.07. The number of terminal acetylenes is 1. The molecule has 3 nitrogen and oxygen atoms in total. The van der Waals surface area contributed by atoms with E-state index in [1.165, 1.54) is 12.2 Å². The third kappa shape index (κ3) is 3.20. The Morgan fingerprint density at radius 2 is 2.50 bits per heavy atom. The van der Waals surface area contributed by atoms with Gasteiger partial charge in [-0.3, -0.25) is 0 Å². The monoisotopic (exact) mass is 190 g/mol. The fourth-order valence-electron chi connectivity index (χ4n) is 0.854. The summed E-state index contributed by atoms with van der Waals surface area (Å²) in [5.41, 5.74) is 0. The molecule has 0 atom stereocenters. The molecule has 0 spiro atoms. The second-order valence-electron chi connectivity index (χ2n) is 2.59. The van der Waals surface area contributed by atoms with Crippen molar-refractivity contribution in [3.05, 3.63) is 29.7 Å². The first-order valence-electron chi connectivity index (χ1n) is 4.07. The molecule has 0 N–H and O–H groups in total. The van der Waals surface area contributed by atoms with E-state index >= 15 is 0 Å². The highest BCUT2D eigenvalue weighted by molar-refractivity contribution is 5.86. The number of esters is 1. The van der Waals surface area contributed by atoms with Gasteiger partial charge in [-0.15, -0.1) is 6.42 Å². The molecule has 0 bridgehead atoms. The summed E-state index contributed by atoms with van der Waals surface area (Å²) in [6, 6.07) is 3.58. The van der Waals surface area contributed by atoms with E-state index in [2.05, 4.69) is 10.7 Å². The minimum absolute atomic E-state index is 0.0135. The van der Waals surface area contributed by atoms with Crippen molar-refractivity contribution >= 4 is 12.0 Å². The van der Waals surface area contributed by atoms with Crippen molar-refractivity contribution in [3.63, 3.8) is 0 Å². The highest BCUT2D eigenvalue weighted by Gasteiger charge is 1.96. The van der Waals surface area contributed by atoms with Crippen LogP contribution in [0.15, 0.2) is 22.6 Å². The zero-order valence-corrected chi connectivity index (χ0v) is 7.82. The van der Waals surface area contributed by atoms with Crippen molar-refractivity contribution in [1.82, 2.24) is 0 Å². The summed E-state index contributed by atoms with van der Waals surface area (Å²) in [5.74, 6) is 3.13. The van der Waals surface area contributed by atoms with Crippen LogP contribution in [-0.2, 0) is 9.53 Å². The van der Waals surface area contributed by atoms with Gasteiger partial charge in [0.1, 0.15) is 11.5 Å². The van der Waals surface area contributed by atoms with E-state index in [-0.39, 0.29) is 6.61 Å². The molecule has 0 unspecified atom stereocenters. The second kappa shape index (κ2) is 4.93. The molecule has 0 fully saturated rings. The quantitative estimate of drug-likeness (QED) is 0.414. The third-order valence-electron chi connectivity index (χ3n) is 1.44. The summed E-state index contributed by atoms with van der Waals surface area (Å²) in [4.78, 5) is 10.9. The molecule has 0 saturated carbocycles.